The minimum absolute atomic E-state index is 0.0668. The van der Waals surface area contributed by atoms with E-state index in [0.717, 1.165) is 25.9 Å². The van der Waals surface area contributed by atoms with Crippen molar-refractivity contribution in [1.82, 2.24) is 4.90 Å². The molecule has 17 heavy (non-hydrogen) atoms. The highest BCUT2D eigenvalue weighted by Crippen LogP contribution is 2.20. The van der Waals surface area contributed by atoms with Gasteiger partial charge in [-0.2, -0.15) is 0 Å². The SMILES string of the molecule is CC1(N)CCN(C(=O)c2ccc(Cl)cc2)CC1. The van der Waals surface area contributed by atoms with Crippen molar-refractivity contribution in [3.8, 4) is 0 Å². The Morgan fingerprint density at radius 2 is 1.82 bits per heavy atom. The third kappa shape index (κ3) is 2.99. The van der Waals surface area contributed by atoms with Crippen LogP contribution in [0.4, 0.5) is 0 Å². The molecule has 0 bridgehead atoms. The van der Waals surface area contributed by atoms with Crippen LogP contribution in [0.5, 0.6) is 0 Å². The van der Waals surface area contributed by atoms with Gasteiger partial charge in [0.2, 0.25) is 0 Å². The molecule has 1 aliphatic heterocycles. The first-order valence-corrected chi connectivity index (χ1v) is 6.19. The van der Waals surface area contributed by atoms with Gasteiger partial charge < -0.3 is 10.6 Å². The fourth-order valence-corrected chi connectivity index (χ4v) is 2.12. The van der Waals surface area contributed by atoms with E-state index in [0.29, 0.717) is 10.6 Å². The topological polar surface area (TPSA) is 46.3 Å². The molecule has 0 aliphatic carbocycles. The van der Waals surface area contributed by atoms with Gasteiger partial charge in [-0.25, -0.2) is 0 Å². The third-order valence-electron chi connectivity index (χ3n) is 3.28. The van der Waals surface area contributed by atoms with Gasteiger partial charge in [-0.05, 0) is 44.0 Å². The molecule has 1 aromatic carbocycles. The summed E-state index contributed by atoms with van der Waals surface area (Å²) in [5.74, 6) is 0.0668. The number of likely N-dealkylation sites (tertiary alicyclic amines) is 1. The fourth-order valence-electron chi connectivity index (χ4n) is 2.00. The van der Waals surface area contributed by atoms with E-state index in [4.69, 9.17) is 17.3 Å². The molecule has 1 aliphatic rings. The van der Waals surface area contributed by atoms with Crippen LogP contribution >= 0.6 is 11.6 Å². The molecule has 1 heterocycles. The van der Waals surface area contributed by atoms with E-state index in [1.54, 1.807) is 24.3 Å². The van der Waals surface area contributed by atoms with Crippen LogP contribution in [0.25, 0.3) is 0 Å². The average molecular weight is 253 g/mol. The van der Waals surface area contributed by atoms with Crippen LogP contribution in [0.15, 0.2) is 24.3 Å². The lowest BCUT2D eigenvalue weighted by molar-refractivity contribution is 0.0681. The molecule has 1 aromatic rings. The molecule has 0 spiro atoms. The standard InChI is InChI=1S/C13H17ClN2O/c1-13(15)6-8-16(9-7-13)12(17)10-2-4-11(14)5-3-10/h2-5H,6-9,15H2,1H3. The lowest BCUT2D eigenvalue weighted by Crippen LogP contribution is -2.49. The fraction of sp³-hybridized carbons (Fsp3) is 0.462. The minimum Gasteiger partial charge on any atom is -0.339 e. The van der Waals surface area contributed by atoms with Gasteiger partial charge >= 0.3 is 0 Å². The summed E-state index contributed by atoms with van der Waals surface area (Å²) in [5.41, 5.74) is 6.60. The Kier molecular flexibility index (Phi) is 3.40. The Balaban J connectivity index is 2.04. The van der Waals surface area contributed by atoms with Crippen LogP contribution < -0.4 is 5.73 Å². The van der Waals surface area contributed by atoms with Crippen LogP contribution in [0.2, 0.25) is 5.02 Å². The first-order chi connectivity index (χ1) is 7.98. The van der Waals surface area contributed by atoms with Gasteiger partial charge in [-0.1, -0.05) is 11.6 Å². The first kappa shape index (κ1) is 12.4. The summed E-state index contributed by atoms with van der Waals surface area (Å²) < 4.78 is 0. The number of benzene rings is 1. The summed E-state index contributed by atoms with van der Waals surface area (Å²) in [6, 6.07) is 7.01. The average Bonchev–Trinajstić information content (AvgIpc) is 2.29. The van der Waals surface area contributed by atoms with Crippen molar-refractivity contribution in [3.63, 3.8) is 0 Å². The molecule has 2 N–H and O–H groups in total. The number of nitrogens with two attached hydrogens (primary N) is 1. The van der Waals surface area contributed by atoms with Crippen molar-refractivity contribution in [2.45, 2.75) is 25.3 Å². The van der Waals surface area contributed by atoms with E-state index in [2.05, 4.69) is 0 Å². The Morgan fingerprint density at radius 3 is 2.35 bits per heavy atom. The molecule has 1 amide bonds. The number of hydrogen-bond acceptors (Lipinski definition) is 2. The Labute approximate surface area is 107 Å². The smallest absolute Gasteiger partial charge is 0.253 e. The van der Waals surface area contributed by atoms with Gasteiger partial charge in [0.25, 0.3) is 5.91 Å². The highest BCUT2D eigenvalue weighted by molar-refractivity contribution is 6.30. The molecule has 4 heteroatoms. The molecular weight excluding hydrogens is 236 g/mol. The highest BCUT2D eigenvalue weighted by atomic mass is 35.5. The molecule has 2 rings (SSSR count). The quantitative estimate of drug-likeness (QED) is 0.834. The summed E-state index contributed by atoms with van der Waals surface area (Å²) in [4.78, 5) is 14.0. The molecule has 0 unspecified atom stereocenters. The van der Waals surface area contributed by atoms with Crippen molar-refractivity contribution < 1.29 is 4.79 Å². The molecule has 92 valence electrons. The van der Waals surface area contributed by atoms with Crippen LogP contribution in [-0.2, 0) is 0 Å². The van der Waals surface area contributed by atoms with E-state index in [9.17, 15) is 4.79 Å². The number of hydrogen-bond donors (Lipinski definition) is 1. The lowest BCUT2D eigenvalue weighted by Gasteiger charge is -2.36. The minimum atomic E-state index is -0.128. The summed E-state index contributed by atoms with van der Waals surface area (Å²) in [5, 5.41) is 0.648. The number of amides is 1. The zero-order valence-corrected chi connectivity index (χ0v) is 10.7. The largest absolute Gasteiger partial charge is 0.339 e. The van der Waals surface area contributed by atoms with Gasteiger partial charge in [0, 0.05) is 29.2 Å². The van der Waals surface area contributed by atoms with Gasteiger partial charge in [0.15, 0.2) is 0 Å². The van der Waals surface area contributed by atoms with Crippen molar-refractivity contribution >= 4 is 17.5 Å². The molecule has 1 saturated heterocycles. The second-order valence-electron chi connectivity index (χ2n) is 4.95. The van der Waals surface area contributed by atoms with E-state index in [-0.39, 0.29) is 11.4 Å². The van der Waals surface area contributed by atoms with Gasteiger partial charge in [-0.15, -0.1) is 0 Å². The maximum atomic E-state index is 12.2. The Morgan fingerprint density at radius 1 is 1.29 bits per heavy atom. The predicted molar refractivity (Wildman–Crippen MR) is 69.2 cm³/mol. The monoisotopic (exact) mass is 252 g/mol. The zero-order chi connectivity index (χ0) is 12.5. The third-order valence-corrected chi connectivity index (χ3v) is 3.54. The lowest BCUT2D eigenvalue weighted by atomic mass is 9.91. The van der Waals surface area contributed by atoms with Gasteiger partial charge in [0.05, 0.1) is 0 Å². The van der Waals surface area contributed by atoms with Crippen molar-refractivity contribution in [1.29, 1.82) is 0 Å². The maximum Gasteiger partial charge on any atom is 0.253 e. The second kappa shape index (κ2) is 4.67. The molecule has 3 nitrogen and oxygen atoms in total. The van der Waals surface area contributed by atoms with Crippen molar-refractivity contribution in [2.24, 2.45) is 5.73 Å². The summed E-state index contributed by atoms with van der Waals surface area (Å²) in [6.45, 7) is 3.50. The van der Waals surface area contributed by atoms with Crippen LogP contribution in [-0.4, -0.2) is 29.4 Å². The second-order valence-corrected chi connectivity index (χ2v) is 5.39. The van der Waals surface area contributed by atoms with Crippen molar-refractivity contribution in [3.05, 3.63) is 34.9 Å². The number of rotatable bonds is 1. The number of nitrogens with zero attached hydrogens (tertiary/aromatic N) is 1. The summed E-state index contributed by atoms with van der Waals surface area (Å²) >= 11 is 5.80. The molecule has 1 fully saturated rings. The Bertz CT molecular complexity index is 404. The van der Waals surface area contributed by atoms with Crippen LogP contribution in [0.3, 0.4) is 0 Å². The molecule has 0 aromatic heterocycles. The Hall–Kier alpha value is -1.06. The number of carbonyl (C=O) groups is 1. The van der Waals surface area contributed by atoms with Gasteiger partial charge in [0.1, 0.15) is 0 Å². The van der Waals surface area contributed by atoms with Crippen molar-refractivity contribution in [2.75, 3.05) is 13.1 Å². The molecule has 0 atom stereocenters. The summed E-state index contributed by atoms with van der Waals surface area (Å²) in [7, 11) is 0. The zero-order valence-electron chi connectivity index (χ0n) is 9.95. The maximum absolute atomic E-state index is 12.2. The van der Waals surface area contributed by atoms with Gasteiger partial charge in [-0.3, -0.25) is 4.79 Å². The first-order valence-electron chi connectivity index (χ1n) is 5.82. The van der Waals surface area contributed by atoms with E-state index in [1.165, 1.54) is 0 Å². The molecular formula is C13H17ClN2O. The van der Waals surface area contributed by atoms with E-state index in [1.807, 2.05) is 11.8 Å². The van der Waals surface area contributed by atoms with E-state index >= 15 is 0 Å². The molecule has 0 saturated carbocycles. The summed E-state index contributed by atoms with van der Waals surface area (Å²) in [6.07, 6.45) is 1.71. The van der Waals surface area contributed by atoms with Crippen LogP contribution in [0, 0.1) is 0 Å². The number of piperidine rings is 1. The van der Waals surface area contributed by atoms with E-state index < -0.39 is 0 Å². The van der Waals surface area contributed by atoms with Crippen LogP contribution in [0.1, 0.15) is 30.1 Å². The highest BCUT2D eigenvalue weighted by Gasteiger charge is 2.28. The number of halogens is 1. The predicted octanol–water partition coefficient (Wildman–Crippen LogP) is 2.29. The normalized spacial score (nSPS) is 19.1. The molecule has 0 radical (unpaired) electrons. The number of carbonyl (C=O) groups excluding carboxylic acids is 1.